The van der Waals surface area contributed by atoms with Crippen LogP contribution >= 0.6 is 0 Å². The van der Waals surface area contributed by atoms with Gasteiger partial charge in [0.1, 0.15) is 5.76 Å². The Balaban J connectivity index is 1.47. The summed E-state index contributed by atoms with van der Waals surface area (Å²) < 4.78 is 17.0. The number of hydrogen-bond acceptors (Lipinski definition) is 5. The molecule has 0 unspecified atom stereocenters. The molecule has 0 atom stereocenters. The lowest BCUT2D eigenvalue weighted by Gasteiger charge is -2.35. The molecule has 1 spiro atoms. The smallest absolute Gasteiger partial charge is 0.208 e. The molecule has 19 heavy (non-hydrogen) atoms. The van der Waals surface area contributed by atoms with E-state index >= 15 is 0 Å². The van der Waals surface area contributed by atoms with E-state index in [1.807, 2.05) is 13.8 Å². The highest BCUT2D eigenvalue weighted by Crippen LogP contribution is 2.35. The first-order valence-corrected chi connectivity index (χ1v) is 7.11. The van der Waals surface area contributed by atoms with Crippen LogP contribution < -0.4 is 5.32 Å². The van der Waals surface area contributed by atoms with Gasteiger partial charge in [0.15, 0.2) is 5.79 Å². The third-order valence-electron chi connectivity index (χ3n) is 4.18. The van der Waals surface area contributed by atoms with Crippen molar-refractivity contribution in [2.75, 3.05) is 13.2 Å². The number of oxazole rings is 1. The minimum absolute atomic E-state index is 0.270. The van der Waals surface area contributed by atoms with E-state index in [0.717, 1.165) is 56.2 Å². The number of nitrogens with one attached hydrogen (secondary N) is 1. The Hall–Kier alpha value is -0.910. The van der Waals surface area contributed by atoms with E-state index in [2.05, 4.69) is 10.3 Å². The summed E-state index contributed by atoms with van der Waals surface area (Å²) in [5.74, 6) is 1.42. The average molecular weight is 266 g/mol. The zero-order chi connectivity index (χ0) is 13.3. The Morgan fingerprint density at radius 3 is 2.47 bits per heavy atom. The maximum absolute atomic E-state index is 5.73. The maximum atomic E-state index is 5.73. The van der Waals surface area contributed by atoms with Gasteiger partial charge < -0.3 is 19.2 Å². The van der Waals surface area contributed by atoms with Gasteiger partial charge >= 0.3 is 0 Å². The van der Waals surface area contributed by atoms with E-state index in [1.165, 1.54) is 0 Å². The Morgan fingerprint density at radius 2 is 1.89 bits per heavy atom. The standard InChI is InChI=1S/C14H22N2O3/c1-10-11(2)19-13(16-10)9-15-12-3-5-14(6-4-12)17-7-8-18-14/h12,15H,3-9H2,1-2H3. The minimum Gasteiger partial charge on any atom is -0.444 e. The number of rotatable bonds is 3. The predicted molar refractivity (Wildman–Crippen MR) is 69.7 cm³/mol. The molecule has 5 heteroatoms. The zero-order valence-corrected chi connectivity index (χ0v) is 11.7. The molecule has 1 saturated carbocycles. The van der Waals surface area contributed by atoms with E-state index < -0.39 is 0 Å². The van der Waals surface area contributed by atoms with Crippen LogP contribution in [-0.2, 0) is 16.0 Å². The van der Waals surface area contributed by atoms with Crippen molar-refractivity contribution in [2.45, 2.75) is 57.9 Å². The van der Waals surface area contributed by atoms with E-state index in [-0.39, 0.29) is 5.79 Å². The number of aromatic nitrogens is 1. The van der Waals surface area contributed by atoms with Gasteiger partial charge in [-0.1, -0.05) is 0 Å². The molecule has 2 fully saturated rings. The van der Waals surface area contributed by atoms with Crippen LogP contribution in [0.15, 0.2) is 4.42 Å². The predicted octanol–water partition coefficient (Wildman–Crippen LogP) is 2.07. The number of ether oxygens (including phenoxy) is 2. The van der Waals surface area contributed by atoms with Gasteiger partial charge in [-0.2, -0.15) is 0 Å². The molecule has 1 aromatic rings. The lowest BCUT2D eigenvalue weighted by atomic mass is 9.90. The summed E-state index contributed by atoms with van der Waals surface area (Å²) in [6.45, 7) is 6.11. The summed E-state index contributed by atoms with van der Waals surface area (Å²) in [5, 5.41) is 3.52. The number of aryl methyl sites for hydroxylation is 2. The van der Waals surface area contributed by atoms with Crippen LogP contribution in [0.2, 0.25) is 0 Å². The fourth-order valence-corrected chi connectivity index (χ4v) is 2.89. The molecule has 1 N–H and O–H groups in total. The summed E-state index contributed by atoms with van der Waals surface area (Å²) >= 11 is 0. The van der Waals surface area contributed by atoms with Gasteiger partial charge in [0.05, 0.1) is 25.5 Å². The van der Waals surface area contributed by atoms with E-state index in [4.69, 9.17) is 13.9 Å². The Morgan fingerprint density at radius 1 is 1.21 bits per heavy atom. The highest BCUT2D eigenvalue weighted by Gasteiger charge is 2.40. The van der Waals surface area contributed by atoms with Crippen molar-refractivity contribution in [3.8, 4) is 0 Å². The molecule has 0 bridgehead atoms. The average Bonchev–Trinajstić information content (AvgIpc) is 2.98. The second-order valence-corrected chi connectivity index (χ2v) is 5.51. The van der Waals surface area contributed by atoms with Crippen molar-refractivity contribution in [1.82, 2.24) is 10.3 Å². The van der Waals surface area contributed by atoms with Gasteiger partial charge in [-0.25, -0.2) is 4.98 Å². The molecule has 1 saturated heterocycles. The molecule has 1 aliphatic carbocycles. The SMILES string of the molecule is Cc1nc(CNC2CCC3(CC2)OCCO3)oc1C. The molecule has 5 nitrogen and oxygen atoms in total. The summed E-state index contributed by atoms with van der Waals surface area (Å²) in [5.41, 5.74) is 0.979. The topological polar surface area (TPSA) is 56.5 Å². The molecule has 0 aromatic carbocycles. The van der Waals surface area contributed by atoms with Crippen molar-refractivity contribution in [1.29, 1.82) is 0 Å². The summed E-state index contributed by atoms with van der Waals surface area (Å²) in [4.78, 5) is 4.39. The van der Waals surface area contributed by atoms with Gasteiger partial charge in [-0.3, -0.25) is 0 Å². The van der Waals surface area contributed by atoms with Crippen LogP contribution in [-0.4, -0.2) is 30.0 Å². The van der Waals surface area contributed by atoms with Crippen LogP contribution in [0.5, 0.6) is 0 Å². The molecule has 3 rings (SSSR count). The van der Waals surface area contributed by atoms with Gasteiger partial charge in [-0.05, 0) is 26.7 Å². The molecule has 0 amide bonds. The first-order chi connectivity index (χ1) is 9.17. The fourth-order valence-electron chi connectivity index (χ4n) is 2.89. The lowest BCUT2D eigenvalue weighted by molar-refractivity contribution is -0.179. The first kappa shape index (κ1) is 13.1. The second-order valence-electron chi connectivity index (χ2n) is 5.51. The van der Waals surface area contributed by atoms with E-state index in [1.54, 1.807) is 0 Å². The largest absolute Gasteiger partial charge is 0.444 e. The summed E-state index contributed by atoms with van der Waals surface area (Å²) in [6, 6.07) is 0.505. The van der Waals surface area contributed by atoms with Gasteiger partial charge in [-0.15, -0.1) is 0 Å². The third-order valence-corrected chi connectivity index (χ3v) is 4.18. The molecule has 0 radical (unpaired) electrons. The molecule has 1 aromatic heterocycles. The Bertz CT molecular complexity index is 408. The van der Waals surface area contributed by atoms with E-state index in [9.17, 15) is 0 Å². The normalized spacial score (nSPS) is 23.3. The Labute approximate surface area is 113 Å². The van der Waals surface area contributed by atoms with Crippen molar-refractivity contribution in [3.63, 3.8) is 0 Å². The van der Waals surface area contributed by atoms with Crippen LogP contribution in [0.1, 0.15) is 43.0 Å². The first-order valence-electron chi connectivity index (χ1n) is 7.11. The molecule has 2 aliphatic rings. The van der Waals surface area contributed by atoms with Crippen LogP contribution in [0.3, 0.4) is 0 Å². The number of hydrogen-bond donors (Lipinski definition) is 1. The zero-order valence-electron chi connectivity index (χ0n) is 11.7. The summed E-state index contributed by atoms with van der Waals surface area (Å²) in [6.07, 6.45) is 4.12. The highest BCUT2D eigenvalue weighted by atomic mass is 16.7. The van der Waals surface area contributed by atoms with Crippen LogP contribution in [0.4, 0.5) is 0 Å². The molecular weight excluding hydrogens is 244 g/mol. The second kappa shape index (κ2) is 5.23. The molecule has 2 heterocycles. The minimum atomic E-state index is -0.270. The fraction of sp³-hybridized carbons (Fsp3) is 0.786. The lowest BCUT2D eigenvalue weighted by Crippen LogP contribution is -2.41. The summed E-state index contributed by atoms with van der Waals surface area (Å²) in [7, 11) is 0. The van der Waals surface area contributed by atoms with Crippen molar-refractivity contribution in [3.05, 3.63) is 17.3 Å². The third kappa shape index (κ3) is 2.83. The van der Waals surface area contributed by atoms with Gasteiger partial charge in [0.25, 0.3) is 0 Å². The van der Waals surface area contributed by atoms with E-state index in [0.29, 0.717) is 12.6 Å². The molecular formula is C14H22N2O3. The molecule has 106 valence electrons. The van der Waals surface area contributed by atoms with Crippen molar-refractivity contribution in [2.24, 2.45) is 0 Å². The quantitative estimate of drug-likeness (QED) is 0.907. The highest BCUT2D eigenvalue weighted by molar-refractivity contribution is 5.05. The van der Waals surface area contributed by atoms with Crippen LogP contribution in [0, 0.1) is 13.8 Å². The van der Waals surface area contributed by atoms with Gasteiger partial charge in [0, 0.05) is 18.9 Å². The number of nitrogens with zero attached hydrogens (tertiary/aromatic N) is 1. The monoisotopic (exact) mass is 266 g/mol. The van der Waals surface area contributed by atoms with Crippen LogP contribution in [0.25, 0.3) is 0 Å². The molecule has 1 aliphatic heterocycles. The maximum Gasteiger partial charge on any atom is 0.208 e. The van der Waals surface area contributed by atoms with Gasteiger partial charge in [0.2, 0.25) is 5.89 Å². The Kier molecular flexibility index (Phi) is 3.60. The van der Waals surface area contributed by atoms with Crippen molar-refractivity contribution >= 4 is 0 Å². The van der Waals surface area contributed by atoms with Crippen molar-refractivity contribution < 1.29 is 13.9 Å².